The van der Waals surface area contributed by atoms with Crippen LogP contribution in [0.4, 0.5) is 5.82 Å². The molecule has 2 rings (SSSR count). The monoisotopic (exact) mass is 250 g/mol. The molecule has 3 N–H and O–H groups in total. The van der Waals surface area contributed by atoms with Crippen molar-refractivity contribution in [2.75, 3.05) is 18.0 Å². The fourth-order valence-corrected chi connectivity index (χ4v) is 2.06. The molecular weight excluding hydrogens is 228 g/mol. The van der Waals surface area contributed by atoms with E-state index in [0.29, 0.717) is 18.5 Å². The molecule has 18 heavy (non-hydrogen) atoms. The number of nitrogens with one attached hydrogen (secondary N) is 1. The minimum absolute atomic E-state index is 0.0553. The number of nitrogens with zero attached hydrogens (tertiary/aromatic N) is 2. The van der Waals surface area contributed by atoms with Gasteiger partial charge in [0.2, 0.25) is 0 Å². The molecule has 0 spiro atoms. The van der Waals surface area contributed by atoms with Gasteiger partial charge in [-0.2, -0.15) is 0 Å². The van der Waals surface area contributed by atoms with E-state index in [1.165, 1.54) is 0 Å². The maximum Gasteiger partial charge on any atom is 0.252 e. The summed E-state index contributed by atoms with van der Waals surface area (Å²) < 4.78 is 0. The highest BCUT2D eigenvalue weighted by atomic mass is 16.1. The second kappa shape index (κ2) is 5.52. The molecule has 0 unspecified atom stereocenters. The zero-order valence-corrected chi connectivity index (χ0v) is 11.1. The lowest BCUT2D eigenvalue weighted by Gasteiger charge is -2.27. The molecule has 1 saturated carbocycles. The molecule has 1 aliphatic carbocycles. The van der Waals surface area contributed by atoms with Crippen LogP contribution in [0.2, 0.25) is 0 Å². The van der Waals surface area contributed by atoms with Crippen molar-refractivity contribution in [2.24, 2.45) is 5.73 Å². The molecule has 0 atom stereocenters. The van der Waals surface area contributed by atoms with E-state index < -0.39 is 0 Å². The molecule has 1 aromatic heterocycles. The number of aromatic nitrogens is 2. The topological polar surface area (TPSA) is 75.0 Å². The largest absolute Gasteiger partial charge is 0.354 e. The van der Waals surface area contributed by atoms with Gasteiger partial charge >= 0.3 is 0 Å². The summed E-state index contributed by atoms with van der Waals surface area (Å²) in [6.45, 7) is 5.71. The van der Waals surface area contributed by atoms with Gasteiger partial charge in [-0.15, -0.1) is 0 Å². The Morgan fingerprint density at radius 2 is 2.28 bits per heavy atom. The summed E-state index contributed by atoms with van der Waals surface area (Å²) in [7, 11) is 0. The molecule has 100 valence electrons. The maximum atomic E-state index is 11.7. The summed E-state index contributed by atoms with van der Waals surface area (Å²) in [4.78, 5) is 21.3. The average Bonchev–Trinajstić information content (AvgIpc) is 3.12. The molecule has 0 aliphatic heterocycles. The fraction of sp³-hybridized carbons (Fsp3) is 0.692. The second-order valence-corrected chi connectivity index (χ2v) is 5.19. The number of H-pyrrole nitrogens is 1. The van der Waals surface area contributed by atoms with Crippen molar-refractivity contribution in [1.82, 2.24) is 9.97 Å². The molecule has 0 bridgehead atoms. The van der Waals surface area contributed by atoms with Crippen LogP contribution in [-0.2, 0) is 0 Å². The third-order valence-electron chi connectivity index (χ3n) is 3.23. The Balaban J connectivity index is 2.25. The lowest BCUT2D eigenvalue weighted by atomic mass is 10.2. The Bertz CT molecular complexity index is 451. The van der Waals surface area contributed by atoms with E-state index in [-0.39, 0.29) is 5.56 Å². The van der Waals surface area contributed by atoms with Crippen LogP contribution in [0.1, 0.15) is 44.9 Å². The minimum atomic E-state index is -0.0553. The standard InChI is InChI=1S/C13H22N4O/c1-9(2)17(7-3-6-14)11-8-12(18)16-13(15-11)10-4-5-10/h8-10H,3-7,14H2,1-2H3,(H,15,16,18). The molecule has 1 fully saturated rings. The van der Waals surface area contributed by atoms with Gasteiger partial charge in [0, 0.05) is 24.6 Å². The first-order valence-corrected chi connectivity index (χ1v) is 6.69. The van der Waals surface area contributed by atoms with Crippen molar-refractivity contribution in [3.05, 3.63) is 22.2 Å². The van der Waals surface area contributed by atoms with Crippen LogP contribution < -0.4 is 16.2 Å². The van der Waals surface area contributed by atoms with Gasteiger partial charge in [0.25, 0.3) is 5.56 Å². The second-order valence-electron chi connectivity index (χ2n) is 5.19. The zero-order chi connectivity index (χ0) is 13.1. The normalized spacial score (nSPS) is 15.1. The van der Waals surface area contributed by atoms with Crippen LogP contribution in [0.15, 0.2) is 10.9 Å². The van der Waals surface area contributed by atoms with E-state index in [0.717, 1.165) is 37.4 Å². The average molecular weight is 250 g/mol. The van der Waals surface area contributed by atoms with Gasteiger partial charge in [-0.25, -0.2) is 4.98 Å². The molecule has 5 nitrogen and oxygen atoms in total. The van der Waals surface area contributed by atoms with Gasteiger partial charge in [-0.1, -0.05) is 0 Å². The zero-order valence-electron chi connectivity index (χ0n) is 11.1. The third kappa shape index (κ3) is 3.10. The molecule has 0 amide bonds. The van der Waals surface area contributed by atoms with E-state index in [1.807, 2.05) is 0 Å². The smallest absolute Gasteiger partial charge is 0.252 e. The first-order valence-electron chi connectivity index (χ1n) is 6.69. The van der Waals surface area contributed by atoms with Gasteiger partial charge in [-0.3, -0.25) is 4.79 Å². The summed E-state index contributed by atoms with van der Waals surface area (Å²) in [6.07, 6.45) is 3.18. The Labute approximate surface area is 107 Å². The number of aromatic amines is 1. The van der Waals surface area contributed by atoms with Crippen LogP contribution in [0, 0.1) is 0 Å². The molecule has 0 saturated heterocycles. The quantitative estimate of drug-likeness (QED) is 0.796. The molecule has 0 radical (unpaired) electrons. The number of anilines is 1. The van der Waals surface area contributed by atoms with Crippen LogP contribution >= 0.6 is 0 Å². The summed E-state index contributed by atoms with van der Waals surface area (Å²) >= 11 is 0. The first-order chi connectivity index (χ1) is 8.61. The Hall–Kier alpha value is -1.36. The van der Waals surface area contributed by atoms with Crippen molar-refractivity contribution in [3.63, 3.8) is 0 Å². The third-order valence-corrected chi connectivity index (χ3v) is 3.23. The Kier molecular flexibility index (Phi) is 4.01. The van der Waals surface area contributed by atoms with Gasteiger partial charge in [-0.05, 0) is 39.7 Å². The van der Waals surface area contributed by atoms with Crippen molar-refractivity contribution >= 4 is 5.82 Å². The molecular formula is C13H22N4O. The minimum Gasteiger partial charge on any atom is -0.354 e. The van der Waals surface area contributed by atoms with E-state index in [4.69, 9.17) is 5.73 Å². The highest BCUT2D eigenvalue weighted by Gasteiger charge is 2.27. The summed E-state index contributed by atoms with van der Waals surface area (Å²) in [5, 5.41) is 0. The van der Waals surface area contributed by atoms with Crippen LogP contribution in [0.25, 0.3) is 0 Å². The SMILES string of the molecule is CC(C)N(CCCN)c1cc(=O)[nH]c(C2CC2)n1. The van der Waals surface area contributed by atoms with Gasteiger partial charge in [0.15, 0.2) is 0 Å². The first kappa shape index (κ1) is 13.1. The lowest BCUT2D eigenvalue weighted by molar-refractivity contribution is 0.644. The Morgan fingerprint density at radius 3 is 2.83 bits per heavy atom. The van der Waals surface area contributed by atoms with E-state index in [2.05, 4.69) is 28.7 Å². The molecule has 0 aromatic carbocycles. The van der Waals surface area contributed by atoms with Crippen LogP contribution in [0.5, 0.6) is 0 Å². The van der Waals surface area contributed by atoms with Gasteiger partial charge < -0.3 is 15.6 Å². The summed E-state index contributed by atoms with van der Waals surface area (Å²) in [6, 6.07) is 1.90. The number of rotatable bonds is 6. The van der Waals surface area contributed by atoms with Gasteiger partial charge in [0.1, 0.15) is 11.6 Å². The van der Waals surface area contributed by atoms with Gasteiger partial charge in [0.05, 0.1) is 0 Å². The highest BCUT2D eigenvalue weighted by Crippen LogP contribution is 2.37. The van der Waals surface area contributed by atoms with Crippen LogP contribution in [0.3, 0.4) is 0 Å². The van der Waals surface area contributed by atoms with Crippen molar-refractivity contribution in [2.45, 2.75) is 45.1 Å². The predicted octanol–water partition coefficient (Wildman–Crippen LogP) is 1.21. The lowest BCUT2D eigenvalue weighted by Crippen LogP contribution is -2.34. The van der Waals surface area contributed by atoms with E-state index in [9.17, 15) is 4.79 Å². The van der Waals surface area contributed by atoms with Crippen molar-refractivity contribution in [3.8, 4) is 0 Å². The molecule has 1 heterocycles. The highest BCUT2D eigenvalue weighted by molar-refractivity contribution is 5.39. The number of hydrogen-bond donors (Lipinski definition) is 2. The maximum absolute atomic E-state index is 11.7. The summed E-state index contributed by atoms with van der Waals surface area (Å²) in [5.41, 5.74) is 5.50. The fourth-order valence-electron chi connectivity index (χ4n) is 2.06. The molecule has 1 aliphatic rings. The summed E-state index contributed by atoms with van der Waals surface area (Å²) in [5.74, 6) is 2.08. The van der Waals surface area contributed by atoms with E-state index >= 15 is 0 Å². The number of hydrogen-bond acceptors (Lipinski definition) is 4. The molecule has 1 aromatic rings. The van der Waals surface area contributed by atoms with Crippen LogP contribution in [-0.4, -0.2) is 29.1 Å². The Morgan fingerprint density at radius 1 is 1.56 bits per heavy atom. The number of nitrogens with two attached hydrogens (primary N) is 1. The molecule has 5 heteroatoms. The predicted molar refractivity (Wildman–Crippen MR) is 73.0 cm³/mol. The van der Waals surface area contributed by atoms with Crippen molar-refractivity contribution in [1.29, 1.82) is 0 Å². The van der Waals surface area contributed by atoms with Crippen molar-refractivity contribution < 1.29 is 0 Å². The van der Waals surface area contributed by atoms with E-state index in [1.54, 1.807) is 6.07 Å².